The lowest BCUT2D eigenvalue weighted by Gasteiger charge is -2.14. The summed E-state index contributed by atoms with van der Waals surface area (Å²) in [6, 6.07) is 4.95. The number of sulfonamides is 1. The lowest BCUT2D eigenvalue weighted by molar-refractivity contribution is -0.274. The molecule has 0 bridgehead atoms. The van der Waals surface area contributed by atoms with E-state index in [4.69, 9.17) is 5.73 Å². The molecule has 0 fully saturated rings. The maximum absolute atomic E-state index is 12.2. The van der Waals surface area contributed by atoms with Gasteiger partial charge in [0.2, 0.25) is 10.0 Å². The maximum Gasteiger partial charge on any atom is 0.573 e. The van der Waals surface area contributed by atoms with Gasteiger partial charge in [-0.2, -0.15) is 0 Å². The molecular weight excluding hydrogens is 297 g/mol. The molecule has 0 radical (unpaired) electrons. The fourth-order valence-electron chi connectivity index (χ4n) is 1.42. The van der Waals surface area contributed by atoms with Crippen LogP contribution in [0.5, 0.6) is 5.75 Å². The number of ether oxygens (including phenoxy) is 1. The lowest BCUT2D eigenvalue weighted by atomic mass is 10.3. The lowest BCUT2D eigenvalue weighted by Crippen LogP contribution is -2.21. The van der Waals surface area contributed by atoms with Gasteiger partial charge in [0.25, 0.3) is 0 Å². The van der Waals surface area contributed by atoms with Gasteiger partial charge in [0.15, 0.2) is 5.75 Å². The zero-order valence-electron chi connectivity index (χ0n) is 10.5. The number of hydrogen-bond acceptors (Lipinski definition) is 4. The first-order valence-corrected chi connectivity index (χ1v) is 7.44. The van der Waals surface area contributed by atoms with E-state index in [1.165, 1.54) is 18.2 Å². The number of anilines is 1. The SMILES string of the molecule is NCCCCS(=O)(=O)Nc1ccccc1OC(F)(F)F. The van der Waals surface area contributed by atoms with Crippen LogP contribution < -0.4 is 15.2 Å². The minimum absolute atomic E-state index is 0.218. The molecule has 0 amide bonds. The van der Waals surface area contributed by atoms with Crippen LogP contribution in [0.15, 0.2) is 24.3 Å². The second kappa shape index (κ2) is 6.80. The highest BCUT2D eigenvalue weighted by molar-refractivity contribution is 7.92. The van der Waals surface area contributed by atoms with Crippen molar-refractivity contribution in [2.24, 2.45) is 5.73 Å². The first-order chi connectivity index (χ1) is 9.23. The first kappa shape index (κ1) is 16.6. The van der Waals surface area contributed by atoms with Crippen molar-refractivity contribution in [1.82, 2.24) is 0 Å². The number of nitrogens with one attached hydrogen (secondary N) is 1. The van der Waals surface area contributed by atoms with Gasteiger partial charge in [-0.1, -0.05) is 12.1 Å². The third-order valence-corrected chi connectivity index (χ3v) is 3.60. The van der Waals surface area contributed by atoms with Crippen LogP contribution in [0.1, 0.15) is 12.8 Å². The molecule has 0 atom stereocenters. The zero-order valence-corrected chi connectivity index (χ0v) is 11.3. The highest BCUT2D eigenvalue weighted by Crippen LogP contribution is 2.30. The van der Waals surface area contributed by atoms with Gasteiger partial charge >= 0.3 is 6.36 Å². The van der Waals surface area contributed by atoms with Crippen molar-refractivity contribution in [3.63, 3.8) is 0 Å². The highest BCUT2D eigenvalue weighted by atomic mass is 32.2. The molecule has 0 heterocycles. The van der Waals surface area contributed by atoms with Gasteiger partial charge in [0.1, 0.15) is 0 Å². The maximum atomic E-state index is 12.2. The second-order valence-corrected chi connectivity index (χ2v) is 5.80. The molecule has 1 rings (SSSR count). The van der Waals surface area contributed by atoms with E-state index in [2.05, 4.69) is 9.46 Å². The van der Waals surface area contributed by atoms with Crippen LogP contribution in [0, 0.1) is 0 Å². The predicted octanol–water partition coefficient (Wildman–Crippen LogP) is 2.07. The summed E-state index contributed by atoms with van der Waals surface area (Å²) in [5.74, 6) is -0.813. The van der Waals surface area contributed by atoms with E-state index >= 15 is 0 Å². The third kappa shape index (κ3) is 6.11. The molecule has 114 valence electrons. The molecule has 1 aromatic rings. The number of halogens is 3. The summed E-state index contributed by atoms with van der Waals surface area (Å²) >= 11 is 0. The van der Waals surface area contributed by atoms with Crippen LogP contribution in [-0.4, -0.2) is 27.1 Å². The third-order valence-electron chi connectivity index (χ3n) is 2.25. The van der Waals surface area contributed by atoms with Crippen LogP contribution in [0.3, 0.4) is 0 Å². The number of nitrogens with two attached hydrogens (primary N) is 1. The van der Waals surface area contributed by atoms with Crippen LogP contribution >= 0.6 is 0 Å². The van der Waals surface area contributed by atoms with E-state index in [1.54, 1.807) is 0 Å². The van der Waals surface area contributed by atoms with Gasteiger partial charge in [-0.25, -0.2) is 8.42 Å². The Morgan fingerprint density at radius 3 is 2.45 bits per heavy atom. The number of alkyl halides is 3. The summed E-state index contributed by atoms with van der Waals surface area (Å²) in [6.45, 7) is 0.350. The van der Waals surface area contributed by atoms with Crippen molar-refractivity contribution >= 4 is 15.7 Å². The summed E-state index contributed by atoms with van der Waals surface area (Å²) in [5.41, 5.74) is 4.99. The summed E-state index contributed by atoms with van der Waals surface area (Å²) < 4.78 is 65.8. The van der Waals surface area contributed by atoms with Gasteiger partial charge in [-0.05, 0) is 31.5 Å². The largest absolute Gasteiger partial charge is 0.573 e. The molecule has 3 N–H and O–H groups in total. The summed E-state index contributed by atoms with van der Waals surface area (Å²) in [4.78, 5) is 0. The Morgan fingerprint density at radius 2 is 1.85 bits per heavy atom. The number of benzene rings is 1. The molecule has 0 saturated heterocycles. The average molecular weight is 312 g/mol. The minimum atomic E-state index is -4.89. The standard InChI is InChI=1S/C11H15F3N2O3S/c12-11(13,14)19-10-6-2-1-5-9(10)16-20(17,18)8-4-3-7-15/h1-2,5-6,16H,3-4,7-8,15H2. The van der Waals surface area contributed by atoms with Crippen LogP contribution in [0.25, 0.3) is 0 Å². The van der Waals surface area contributed by atoms with E-state index in [0.29, 0.717) is 19.4 Å². The summed E-state index contributed by atoms with van der Waals surface area (Å²) in [7, 11) is -3.74. The van der Waals surface area contributed by atoms with Crippen molar-refractivity contribution in [2.45, 2.75) is 19.2 Å². The molecule has 0 aliphatic carbocycles. The van der Waals surface area contributed by atoms with Crippen molar-refractivity contribution in [3.8, 4) is 5.75 Å². The molecule has 0 unspecified atom stereocenters. The van der Waals surface area contributed by atoms with E-state index in [0.717, 1.165) is 6.07 Å². The molecule has 9 heteroatoms. The fourth-order valence-corrected chi connectivity index (χ4v) is 2.61. The van der Waals surface area contributed by atoms with Crippen LogP contribution in [-0.2, 0) is 10.0 Å². The van der Waals surface area contributed by atoms with Crippen molar-refractivity contribution in [2.75, 3.05) is 17.0 Å². The summed E-state index contributed by atoms with van der Waals surface area (Å²) in [6.07, 6.45) is -4.04. The van der Waals surface area contributed by atoms with E-state index < -0.39 is 22.1 Å². The Bertz CT molecular complexity index is 532. The second-order valence-electron chi connectivity index (χ2n) is 3.96. The molecule has 0 saturated carbocycles. The smallest absolute Gasteiger partial charge is 0.404 e. The van der Waals surface area contributed by atoms with E-state index in [-0.39, 0.29) is 11.4 Å². The van der Waals surface area contributed by atoms with Crippen molar-refractivity contribution in [1.29, 1.82) is 0 Å². The normalized spacial score (nSPS) is 12.2. The van der Waals surface area contributed by atoms with E-state index in [1.807, 2.05) is 0 Å². The monoisotopic (exact) mass is 312 g/mol. The van der Waals surface area contributed by atoms with Gasteiger partial charge in [-0.15, -0.1) is 13.2 Å². The van der Waals surface area contributed by atoms with Crippen LogP contribution in [0.2, 0.25) is 0 Å². The number of para-hydroxylation sites is 2. The van der Waals surface area contributed by atoms with E-state index in [9.17, 15) is 21.6 Å². The quantitative estimate of drug-likeness (QED) is 0.755. The first-order valence-electron chi connectivity index (χ1n) is 5.79. The Balaban J connectivity index is 2.81. The minimum Gasteiger partial charge on any atom is -0.404 e. The Hall–Kier alpha value is -1.48. The Labute approximate surface area is 115 Å². The van der Waals surface area contributed by atoms with Crippen molar-refractivity contribution in [3.05, 3.63) is 24.3 Å². The van der Waals surface area contributed by atoms with Gasteiger partial charge < -0.3 is 10.5 Å². The molecular formula is C11H15F3N2O3S. The van der Waals surface area contributed by atoms with Crippen molar-refractivity contribution < 1.29 is 26.3 Å². The molecule has 0 aromatic heterocycles. The van der Waals surface area contributed by atoms with Gasteiger partial charge in [-0.3, -0.25) is 4.72 Å². The van der Waals surface area contributed by atoms with Gasteiger partial charge in [0.05, 0.1) is 11.4 Å². The molecule has 0 aliphatic rings. The molecule has 0 aliphatic heterocycles. The predicted molar refractivity (Wildman–Crippen MR) is 68.8 cm³/mol. The number of rotatable bonds is 7. The fraction of sp³-hybridized carbons (Fsp3) is 0.455. The Kier molecular flexibility index (Phi) is 5.63. The summed E-state index contributed by atoms with van der Waals surface area (Å²) in [5, 5.41) is 0. The molecule has 20 heavy (non-hydrogen) atoms. The number of unbranched alkanes of at least 4 members (excludes halogenated alkanes) is 1. The Morgan fingerprint density at radius 1 is 1.20 bits per heavy atom. The number of hydrogen-bond donors (Lipinski definition) is 2. The molecule has 0 spiro atoms. The highest BCUT2D eigenvalue weighted by Gasteiger charge is 2.32. The average Bonchev–Trinajstić information content (AvgIpc) is 2.30. The van der Waals surface area contributed by atoms with Gasteiger partial charge in [0, 0.05) is 0 Å². The molecule has 5 nitrogen and oxygen atoms in total. The van der Waals surface area contributed by atoms with Crippen LogP contribution in [0.4, 0.5) is 18.9 Å². The molecule has 1 aromatic carbocycles. The topological polar surface area (TPSA) is 81.4 Å². The zero-order chi connectivity index (χ0) is 15.2.